The molecule has 1 saturated heterocycles. The average Bonchev–Trinajstić information content (AvgIpc) is 3.09. The Labute approximate surface area is 135 Å². The van der Waals surface area contributed by atoms with Crippen LogP contribution in [0.15, 0.2) is 29.1 Å². The minimum Gasteiger partial charge on any atom is -0.438 e. The molecule has 23 heavy (non-hydrogen) atoms. The summed E-state index contributed by atoms with van der Waals surface area (Å²) in [5, 5.41) is 8.50. The van der Waals surface area contributed by atoms with Crippen LogP contribution in [-0.4, -0.2) is 53.2 Å². The summed E-state index contributed by atoms with van der Waals surface area (Å²) in [6.07, 6.45) is 5.68. The molecule has 0 saturated carbocycles. The number of oxazole rings is 1. The Hall–Kier alpha value is -2.44. The summed E-state index contributed by atoms with van der Waals surface area (Å²) in [5.74, 6) is 1.47. The van der Waals surface area contributed by atoms with E-state index in [1.165, 1.54) is 12.6 Å². The highest BCUT2D eigenvalue weighted by atomic mass is 16.3. The summed E-state index contributed by atoms with van der Waals surface area (Å²) in [7, 11) is 3.88. The van der Waals surface area contributed by atoms with Crippen molar-refractivity contribution in [3.05, 3.63) is 36.2 Å². The van der Waals surface area contributed by atoms with E-state index < -0.39 is 0 Å². The molecule has 2 aromatic rings. The number of carbonyl (C=O) groups excluding carboxylic acids is 1. The van der Waals surface area contributed by atoms with E-state index in [-0.39, 0.29) is 5.91 Å². The van der Waals surface area contributed by atoms with Crippen LogP contribution in [-0.2, 0) is 6.42 Å². The van der Waals surface area contributed by atoms with Gasteiger partial charge in [0.2, 0.25) is 5.76 Å². The van der Waals surface area contributed by atoms with Gasteiger partial charge in [0.05, 0.1) is 11.9 Å². The Morgan fingerprint density at radius 2 is 2.26 bits per heavy atom. The number of amides is 1. The van der Waals surface area contributed by atoms with Crippen molar-refractivity contribution in [2.75, 3.05) is 32.1 Å². The van der Waals surface area contributed by atoms with Crippen LogP contribution in [0.3, 0.4) is 0 Å². The van der Waals surface area contributed by atoms with Crippen molar-refractivity contribution < 1.29 is 9.21 Å². The van der Waals surface area contributed by atoms with E-state index in [2.05, 4.69) is 15.2 Å². The normalized spacial score (nSPS) is 18.0. The second kappa shape index (κ2) is 6.76. The number of rotatable bonds is 4. The molecule has 1 atom stereocenters. The smallest absolute Gasteiger partial charge is 0.291 e. The number of hydrogen-bond donors (Lipinski definition) is 0. The number of anilines is 1. The Morgan fingerprint density at radius 1 is 1.39 bits per heavy atom. The zero-order valence-electron chi connectivity index (χ0n) is 13.5. The monoisotopic (exact) mass is 315 g/mol. The molecule has 1 aliphatic rings. The van der Waals surface area contributed by atoms with Gasteiger partial charge in [0.1, 0.15) is 0 Å². The predicted molar refractivity (Wildman–Crippen MR) is 85.2 cm³/mol. The SMILES string of the molecule is CN(C)c1ccc(CC2CCCN(C(=O)c3cnco3)C2)nn1. The fraction of sp³-hybridized carbons (Fsp3) is 0.500. The van der Waals surface area contributed by atoms with Crippen LogP contribution in [0, 0.1) is 5.92 Å². The van der Waals surface area contributed by atoms with E-state index in [4.69, 9.17) is 4.42 Å². The topological polar surface area (TPSA) is 75.4 Å². The van der Waals surface area contributed by atoms with Crippen molar-refractivity contribution in [2.45, 2.75) is 19.3 Å². The van der Waals surface area contributed by atoms with E-state index >= 15 is 0 Å². The largest absolute Gasteiger partial charge is 0.438 e. The lowest BCUT2D eigenvalue weighted by atomic mass is 9.93. The summed E-state index contributed by atoms with van der Waals surface area (Å²) in [6.45, 7) is 1.48. The van der Waals surface area contributed by atoms with Gasteiger partial charge in [-0.15, -0.1) is 5.10 Å². The molecule has 0 aliphatic carbocycles. The Morgan fingerprint density at radius 3 is 2.91 bits per heavy atom. The molecule has 0 radical (unpaired) electrons. The molecule has 0 aromatic carbocycles. The van der Waals surface area contributed by atoms with E-state index in [0.717, 1.165) is 43.9 Å². The van der Waals surface area contributed by atoms with Crippen LogP contribution >= 0.6 is 0 Å². The first-order valence-electron chi connectivity index (χ1n) is 7.81. The lowest BCUT2D eigenvalue weighted by Crippen LogP contribution is -2.40. The Balaban J connectivity index is 1.61. The first-order valence-corrected chi connectivity index (χ1v) is 7.81. The Kier molecular flexibility index (Phi) is 4.55. The van der Waals surface area contributed by atoms with Gasteiger partial charge in [-0.2, -0.15) is 5.10 Å². The van der Waals surface area contributed by atoms with Crippen molar-refractivity contribution in [1.82, 2.24) is 20.1 Å². The van der Waals surface area contributed by atoms with Gasteiger partial charge in [0.15, 0.2) is 12.2 Å². The minimum absolute atomic E-state index is 0.0822. The molecule has 3 heterocycles. The molecule has 0 spiro atoms. The van der Waals surface area contributed by atoms with Crippen LogP contribution in [0.4, 0.5) is 5.82 Å². The van der Waals surface area contributed by atoms with Crippen LogP contribution in [0.25, 0.3) is 0 Å². The molecule has 122 valence electrons. The fourth-order valence-electron chi connectivity index (χ4n) is 2.89. The third-order valence-corrected chi connectivity index (χ3v) is 4.11. The van der Waals surface area contributed by atoms with E-state index in [1.54, 1.807) is 0 Å². The predicted octanol–water partition coefficient (Wildman–Crippen LogP) is 1.63. The fourth-order valence-corrected chi connectivity index (χ4v) is 2.89. The van der Waals surface area contributed by atoms with Crippen LogP contribution in [0.5, 0.6) is 0 Å². The van der Waals surface area contributed by atoms with Crippen molar-refractivity contribution in [3.63, 3.8) is 0 Å². The third-order valence-electron chi connectivity index (χ3n) is 4.11. The van der Waals surface area contributed by atoms with Crippen LogP contribution < -0.4 is 4.90 Å². The first-order chi connectivity index (χ1) is 11.1. The van der Waals surface area contributed by atoms with Crippen LogP contribution in [0.1, 0.15) is 29.1 Å². The number of carbonyl (C=O) groups is 1. The number of piperidine rings is 1. The van der Waals surface area contributed by atoms with Gasteiger partial charge in [0.25, 0.3) is 5.91 Å². The van der Waals surface area contributed by atoms with E-state index in [0.29, 0.717) is 11.7 Å². The van der Waals surface area contributed by atoms with Gasteiger partial charge in [0, 0.05) is 27.2 Å². The molecule has 0 N–H and O–H groups in total. The van der Waals surface area contributed by atoms with Crippen molar-refractivity contribution >= 4 is 11.7 Å². The molecule has 7 nitrogen and oxygen atoms in total. The highest BCUT2D eigenvalue weighted by Crippen LogP contribution is 2.22. The van der Waals surface area contributed by atoms with Gasteiger partial charge < -0.3 is 14.2 Å². The molecule has 3 rings (SSSR count). The van der Waals surface area contributed by atoms with Gasteiger partial charge in [-0.3, -0.25) is 4.79 Å². The molecule has 0 bridgehead atoms. The zero-order chi connectivity index (χ0) is 16.2. The molecule has 2 aromatic heterocycles. The number of nitrogens with zero attached hydrogens (tertiary/aromatic N) is 5. The standard InChI is InChI=1S/C16H21N5O2/c1-20(2)15-6-5-13(18-19-15)8-12-4-3-7-21(10-12)16(22)14-9-17-11-23-14/h5-6,9,11-12H,3-4,7-8,10H2,1-2H3. The maximum Gasteiger partial charge on any atom is 0.291 e. The van der Waals surface area contributed by atoms with Crippen molar-refractivity contribution in [2.24, 2.45) is 5.92 Å². The van der Waals surface area contributed by atoms with Gasteiger partial charge in [-0.05, 0) is 37.3 Å². The number of likely N-dealkylation sites (tertiary alicyclic amines) is 1. The van der Waals surface area contributed by atoms with E-state index in [1.807, 2.05) is 36.0 Å². The number of hydrogen-bond acceptors (Lipinski definition) is 6. The maximum absolute atomic E-state index is 12.3. The van der Waals surface area contributed by atoms with Crippen LogP contribution in [0.2, 0.25) is 0 Å². The molecular formula is C16H21N5O2. The highest BCUT2D eigenvalue weighted by molar-refractivity contribution is 5.91. The second-order valence-electron chi connectivity index (χ2n) is 6.11. The zero-order valence-corrected chi connectivity index (χ0v) is 13.5. The lowest BCUT2D eigenvalue weighted by molar-refractivity contribution is 0.0640. The summed E-state index contributed by atoms with van der Waals surface area (Å²) in [5.41, 5.74) is 0.967. The minimum atomic E-state index is -0.0822. The molecule has 7 heteroatoms. The third kappa shape index (κ3) is 3.67. The molecule has 1 aliphatic heterocycles. The molecular weight excluding hydrogens is 294 g/mol. The molecule has 1 fully saturated rings. The quantitative estimate of drug-likeness (QED) is 0.853. The lowest BCUT2D eigenvalue weighted by Gasteiger charge is -2.32. The average molecular weight is 315 g/mol. The second-order valence-corrected chi connectivity index (χ2v) is 6.11. The summed E-state index contributed by atoms with van der Waals surface area (Å²) < 4.78 is 5.11. The van der Waals surface area contributed by atoms with Gasteiger partial charge in [-0.25, -0.2) is 4.98 Å². The first kappa shape index (κ1) is 15.5. The Bertz CT molecular complexity index is 639. The molecule has 1 amide bonds. The van der Waals surface area contributed by atoms with E-state index in [9.17, 15) is 4.79 Å². The summed E-state index contributed by atoms with van der Waals surface area (Å²) >= 11 is 0. The summed E-state index contributed by atoms with van der Waals surface area (Å²) in [6, 6.07) is 3.99. The van der Waals surface area contributed by atoms with Gasteiger partial charge in [-0.1, -0.05) is 0 Å². The summed E-state index contributed by atoms with van der Waals surface area (Å²) in [4.78, 5) is 19.9. The van der Waals surface area contributed by atoms with Crippen molar-refractivity contribution in [1.29, 1.82) is 0 Å². The highest BCUT2D eigenvalue weighted by Gasteiger charge is 2.26. The number of aromatic nitrogens is 3. The molecule has 1 unspecified atom stereocenters. The van der Waals surface area contributed by atoms with Gasteiger partial charge >= 0.3 is 0 Å². The maximum atomic E-state index is 12.3. The van der Waals surface area contributed by atoms with Crippen molar-refractivity contribution in [3.8, 4) is 0 Å².